The first-order valence-electron chi connectivity index (χ1n) is 12.0. The smallest absolute Gasteiger partial charge is 0.260 e. The monoisotopic (exact) mass is 535 g/mol. The van der Waals surface area contributed by atoms with Crippen LogP contribution in [0.1, 0.15) is 6.42 Å². The summed E-state index contributed by atoms with van der Waals surface area (Å²) in [7, 11) is 2.04. The van der Waals surface area contributed by atoms with Gasteiger partial charge < -0.3 is 28.9 Å². The van der Waals surface area contributed by atoms with Crippen molar-refractivity contribution in [3.8, 4) is 11.5 Å². The van der Waals surface area contributed by atoms with E-state index in [0.29, 0.717) is 47.8 Å². The Labute approximate surface area is 221 Å². The standard InChI is InChI=1S/C26H31Cl2N3O5/c1-29-9-11-30(12-10-29)24(32)16-26(19-35-23-4-2-3-21(28)15-23)18-31(13-14-36-26)25(33)17-34-22-7-5-20(27)6-8-22/h2-8,15H,9-14,16-19H2,1H3. The first-order chi connectivity index (χ1) is 17.3. The number of carbonyl (C=O) groups excluding carboxylic acids is 2. The maximum Gasteiger partial charge on any atom is 0.260 e. The number of hydrogen-bond donors (Lipinski definition) is 0. The van der Waals surface area contributed by atoms with Gasteiger partial charge in [0, 0.05) is 42.8 Å². The summed E-state index contributed by atoms with van der Waals surface area (Å²) in [6.45, 7) is 3.88. The number of likely N-dealkylation sites (N-methyl/N-ethyl adjacent to an activating group) is 1. The Morgan fingerprint density at radius 3 is 2.36 bits per heavy atom. The van der Waals surface area contributed by atoms with Gasteiger partial charge in [-0.25, -0.2) is 0 Å². The quantitative estimate of drug-likeness (QED) is 0.516. The highest BCUT2D eigenvalue weighted by Gasteiger charge is 2.42. The largest absolute Gasteiger partial charge is 0.490 e. The molecule has 0 N–H and O–H groups in total. The summed E-state index contributed by atoms with van der Waals surface area (Å²) in [5, 5.41) is 1.15. The number of benzene rings is 2. The number of nitrogens with zero attached hydrogens (tertiary/aromatic N) is 3. The third-order valence-corrected chi connectivity index (χ3v) is 6.89. The number of morpholine rings is 1. The van der Waals surface area contributed by atoms with E-state index in [9.17, 15) is 9.59 Å². The van der Waals surface area contributed by atoms with E-state index in [1.54, 1.807) is 53.4 Å². The van der Waals surface area contributed by atoms with Crippen molar-refractivity contribution in [3.05, 3.63) is 58.6 Å². The fourth-order valence-electron chi connectivity index (χ4n) is 4.29. The van der Waals surface area contributed by atoms with Gasteiger partial charge in [-0.15, -0.1) is 0 Å². The second-order valence-corrected chi connectivity index (χ2v) is 10.1. The number of hydrogen-bond acceptors (Lipinski definition) is 6. The van der Waals surface area contributed by atoms with Gasteiger partial charge >= 0.3 is 0 Å². The van der Waals surface area contributed by atoms with E-state index >= 15 is 0 Å². The molecule has 2 heterocycles. The molecule has 1 atom stereocenters. The summed E-state index contributed by atoms with van der Waals surface area (Å²) in [5.74, 6) is 0.936. The average molecular weight is 536 g/mol. The van der Waals surface area contributed by atoms with Crippen molar-refractivity contribution in [2.24, 2.45) is 0 Å². The third-order valence-electron chi connectivity index (χ3n) is 6.40. The lowest BCUT2D eigenvalue weighted by atomic mass is 9.96. The minimum atomic E-state index is -0.989. The highest BCUT2D eigenvalue weighted by molar-refractivity contribution is 6.30. The zero-order chi connectivity index (χ0) is 25.5. The number of carbonyl (C=O) groups is 2. The fourth-order valence-corrected chi connectivity index (χ4v) is 4.59. The van der Waals surface area contributed by atoms with E-state index in [1.807, 2.05) is 11.9 Å². The maximum absolute atomic E-state index is 13.3. The van der Waals surface area contributed by atoms with Gasteiger partial charge in [0.05, 0.1) is 19.6 Å². The highest BCUT2D eigenvalue weighted by atomic mass is 35.5. The van der Waals surface area contributed by atoms with Crippen LogP contribution in [-0.4, -0.2) is 98.3 Å². The molecular weight excluding hydrogens is 505 g/mol. The summed E-state index contributed by atoms with van der Waals surface area (Å²) in [6, 6.07) is 13.9. The highest BCUT2D eigenvalue weighted by Crippen LogP contribution is 2.27. The van der Waals surface area contributed by atoms with Gasteiger partial charge in [0.1, 0.15) is 23.7 Å². The fraction of sp³-hybridized carbons (Fsp3) is 0.462. The molecule has 0 spiro atoms. The van der Waals surface area contributed by atoms with Gasteiger partial charge in [-0.3, -0.25) is 9.59 Å². The lowest BCUT2D eigenvalue weighted by Crippen LogP contribution is -2.59. The van der Waals surface area contributed by atoms with Crippen LogP contribution in [0.15, 0.2) is 48.5 Å². The molecule has 0 saturated carbocycles. The van der Waals surface area contributed by atoms with E-state index in [0.717, 1.165) is 13.1 Å². The zero-order valence-electron chi connectivity index (χ0n) is 20.3. The lowest BCUT2D eigenvalue weighted by Gasteiger charge is -2.43. The van der Waals surface area contributed by atoms with Crippen LogP contribution >= 0.6 is 23.2 Å². The van der Waals surface area contributed by atoms with E-state index in [2.05, 4.69) is 4.90 Å². The van der Waals surface area contributed by atoms with E-state index in [4.69, 9.17) is 37.4 Å². The predicted octanol–water partition coefficient (Wildman–Crippen LogP) is 3.21. The normalized spacial score (nSPS) is 20.8. The number of piperazine rings is 1. The first kappa shape index (κ1) is 26.5. The first-order valence-corrected chi connectivity index (χ1v) is 12.7. The van der Waals surface area contributed by atoms with Crippen molar-refractivity contribution < 1.29 is 23.8 Å². The predicted molar refractivity (Wildman–Crippen MR) is 138 cm³/mol. The molecule has 2 aliphatic rings. The molecule has 2 amide bonds. The van der Waals surface area contributed by atoms with Crippen molar-refractivity contribution >= 4 is 35.0 Å². The molecule has 2 fully saturated rings. The Kier molecular flexibility index (Phi) is 8.95. The van der Waals surface area contributed by atoms with Gasteiger partial charge in [0.15, 0.2) is 6.61 Å². The van der Waals surface area contributed by atoms with Crippen LogP contribution in [-0.2, 0) is 14.3 Å². The van der Waals surface area contributed by atoms with Crippen LogP contribution in [0.3, 0.4) is 0 Å². The Hall–Kier alpha value is -2.52. The molecule has 1 unspecified atom stereocenters. The molecule has 2 aliphatic heterocycles. The lowest BCUT2D eigenvalue weighted by molar-refractivity contribution is -0.167. The van der Waals surface area contributed by atoms with Crippen LogP contribution in [0.4, 0.5) is 0 Å². The van der Waals surface area contributed by atoms with Crippen LogP contribution in [0.2, 0.25) is 10.0 Å². The molecule has 4 rings (SSSR count). The second-order valence-electron chi connectivity index (χ2n) is 9.20. The maximum atomic E-state index is 13.3. The Morgan fingerprint density at radius 2 is 1.64 bits per heavy atom. The number of rotatable bonds is 8. The Bertz CT molecular complexity index is 1050. The van der Waals surface area contributed by atoms with Crippen LogP contribution in [0.5, 0.6) is 11.5 Å². The minimum absolute atomic E-state index is 0.00972. The Balaban J connectivity index is 1.44. The van der Waals surface area contributed by atoms with Crippen LogP contribution in [0.25, 0.3) is 0 Å². The molecule has 194 valence electrons. The third kappa shape index (κ3) is 7.26. The van der Waals surface area contributed by atoms with Crippen LogP contribution < -0.4 is 9.47 Å². The molecule has 2 saturated heterocycles. The molecule has 10 heteroatoms. The van der Waals surface area contributed by atoms with E-state index < -0.39 is 5.60 Å². The van der Waals surface area contributed by atoms with Gasteiger partial charge in [0.25, 0.3) is 5.91 Å². The van der Waals surface area contributed by atoms with Crippen molar-refractivity contribution in [2.45, 2.75) is 12.0 Å². The number of amides is 2. The van der Waals surface area contributed by atoms with Crippen molar-refractivity contribution in [1.29, 1.82) is 0 Å². The number of halogens is 2. The number of ether oxygens (including phenoxy) is 3. The van der Waals surface area contributed by atoms with Gasteiger partial charge in [-0.2, -0.15) is 0 Å². The molecule has 36 heavy (non-hydrogen) atoms. The summed E-state index contributed by atoms with van der Waals surface area (Å²) in [6.07, 6.45) is 0.110. The molecule has 0 aliphatic carbocycles. The van der Waals surface area contributed by atoms with Crippen molar-refractivity contribution in [2.75, 3.05) is 66.1 Å². The van der Waals surface area contributed by atoms with Gasteiger partial charge in [0.2, 0.25) is 5.91 Å². The van der Waals surface area contributed by atoms with E-state index in [-0.39, 0.29) is 38.0 Å². The van der Waals surface area contributed by atoms with Crippen molar-refractivity contribution in [3.63, 3.8) is 0 Å². The molecule has 0 bridgehead atoms. The SMILES string of the molecule is CN1CCN(C(=O)CC2(COc3cccc(Cl)c3)CN(C(=O)COc3ccc(Cl)cc3)CCO2)CC1. The summed E-state index contributed by atoms with van der Waals surface area (Å²) < 4.78 is 17.9. The molecular formula is C26H31Cl2N3O5. The van der Waals surface area contributed by atoms with E-state index in [1.165, 1.54) is 0 Å². The van der Waals surface area contributed by atoms with Gasteiger partial charge in [-0.05, 0) is 49.5 Å². The molecule has 0 aromatic heterocycles. The molecule has 2 aromatic carbocycles. The summed E-state index contributed by atoms with van der Waals surface area (Å²) >= 11 is 12.0. The zero-order valence-corrected chi connectivity index (χ0v) is 21.8. The average Bonchev–Trinajstić information content (AvgIpc) is 2.87. The Morgan fingerprint density at radius 1 is 0.889 bits per heavy atom. The van der Waals surface area contributed by atoms with Crippen molar-refractivity contribution in [1.82, 2.24) is 14.7 Å². The molecule has 0 radical (unpaired) electrons. The topological polar surface area (TPSA) is 71.6 Å². The summed E-state index contributed by atoms with van der Waals surface area (Å²) in [5.41, 5.74) is -0.989. The van der Waals surface area contributed by atoms with Gasteiger partial charge in [-0.1, -0.05) is 29.3 Å². The summed E-state index contributed by atoms with van der Waals surface area (Å²) in [4.78, 5) is 32.0. The minimum Gasteiger partial charge on any atom is -0.490 e. The van der Waals surface area contributed by atoms with Crippen LogP contribution in [0, 0.1) is 0 Å². The molecule has 2 aromatic rings. The second kappa shape index (κ2) is 12.1. The molecule has 8 nitrogen and oxygen atoms in total.